The zero-order valence-electron chi connectivity index (χ0n) is 12.6. The van der Waals surface area contributed by atoms with Crippen LogP contribution in [0.5, 0.6) is 0 Å². The molecule has 0 saturated carbocycles. The predicted octanol–water partition coefficient (Wildman–Crippen LogP) is 2.97. The van der Waals surface area contributed by atoms with Crippen LogP contribution in [0.4, 0.5) is 11.4 Å². The topological polar surface area (TPSA) is 84.0 Å². The molecule has 2 amide bonds. The van der Waals surface area contributed by atoms with Gasteiger partial charge in [0.1, 0.15) is 5.69 Å². The Labute approximate surface area is 142 Å². The zero-order valence-corrected chi connectivity index (χ0v) is 13.4. The number of thiophene rings is 1. The number of para-hydroxylation sites is 2. The van der Waals surface area contributed by atoms with Crippen LogP contribution in [0.25, 0.3) is 0 Å². The Balaban J connectivity index is 1.71. The third-order valence-electron chi connectivity index (χ3n) is 3.16. The average molecular weight is 338 g/mol. The molecule has 0 atom stereocenters. The van der Waals surface area contributed by atoms with Crippen molar-refractivity contribution in [3.8, 4) is 0 Å². The van der Waals surface area contributed by atoms with Crippen molar-refractivity contribution in [1.29, 1.82) is 0 Å². The summed E-state index contributed by atoms with van der Waals surface area (Å²) >= 11 is 1.53. The number of nitrogens with zero attached hydrogens (tertiary/aromatic N) is 2. The van der Waals surface area contributed by atoms with Crippen LogP contribution in [-0.4, -0.2) is 21.8 Å². The number of hydrogen-bond acceptors (Lipinski definition) is 5. The van der Waals surface area contributed by atoms with E-state index >= 15 is 0 Å². The lowest BCUT2D eigenvalue weighted by Crippen LogP contribution is -2.18. The number of aromatic nitrogens is 2. The normalized spacial score (nSPS) is 10.2. The molecule has 3 aromatic rings. The number of rotatable bonds is 5. The van der Waals surface area contributed by atoms with Gasteiger partial charge >= 0.3 is 0 Å². The predicted molar refractivity (Wildman–Crippen MR) is 93.1 cm³/mol. The monoisotopic (exact) mass is 338 g/mol. The first-order chi connectivity index (χ1) is 11.7. The number of anilines is 2. The Morgan fingerprint density at radius 3 is 2.46 bits per heavy atom. The second kappa shape index (κ2) is 7.47. The van der Waals surface area contributed by atoms with E-state index in [0.717, 1.165) is 4.88 Å². The molecule has 0 unspecified atom stereocenters. The Morgan fingerprint density at radius 1 is 1.00 bits per heavy atom. The molecular formula is C17H14N4O2S. The molecule has 3 rings (SSSR count). The smallest absolute Gasteiger partial charge is 0.275 e. The second-order valence-electron chi connectivity index (χ2n) is 4.89. The van der Waals surface area contributed by atoms with Crippen molar-refractivity contribution in [2.45, 2.75) is 6.42 Å². The molecule has 120 valence electrons. The standard InChI is InChI=1S/C17H14N4O2S/c22-16(10-12-4-3-9-24-12)20-13-5-1-2-6-14(13)21-17(23)15-11-18-7-8-19-15/h1-9,11H,10H2,(H,20,22)(H,21,23). The van der Waals surface area contributed by atoms with Crippen LogP contribution in [0.1, 0.15) is 15.4 Å². The molecule has 0 aliphatic carbocycles. The first-order valence-electron chi connectivity index (χ1n) is 7.21. The Hall–Kier alpha value is -3.06. The molecule has 1 aromatic carbocycles. The van der Waals surface area contributed by atoms with E-state index in [4.69, 9.17) is 0 Å². The molecule has 2 aromatic heterocycles. The van der Waals surface area contributed by atoms with Gasteiger partial charge in [0.2, 0.25) is 5.91 Å². The van der Waals surface area contributed by atoms with Gasteiger partial charge in [-0.25, -0.2) is 4.98 Å². The Bertz CT molecular complexity index is 835. The highest BCUT2D eigenvalue weighted by Crippen LogP contribution is 2.22. The summed E-state index contributed by atoms with van der Waals surface area (Å²) < 4.78 is 0. The van der Waals surface area contributed by atoms with Crippen molar-refractivity contribution >= 4 is 34.5 Å². The second-order valence-corrected chi connectivity index (χ2v) is 5.93. The zero-order chi connectivity index (χ0) is 16.8. The maximum Gasteiger partial charge on any atom is 0.275 e. The molecule has 24 heavy (non-hydrogen) atoms. The lowest BCUT2D eigenvalue weighted by molar-refractivity contribution is -0.115. The SMILES string of the molecule is O=C(Cc1cccs1)Nc1ccccc1NC(=O)c1cnccn1. The van der Waals surface area contributed by atoms with E-state index in [1.54, 1.807) is 24.3 Å². The molecule has 0 spiro atoms. The molecule has 2 N–H and O–H groups in total. The van der Waals surface area contributed by atoms with Crippen LogP contribution in [-0.2, 0) is 11.2 Å². The molecule has 0 bridgehead atoms. The fraction of sp³-hybridized carbons (Fsp3) is 0.0588. The van der Waals surface area contributed by atoms with Gasteiger partial charge in [0.05, 0.1) is 24.0 Å². The number of amides is 2. The van der Waals surface area contributed by atoms with E-state index in [1.807, 2.05) is 17.5 Å². The lowest BCUT2D eigenvalue weighted by atomic mass is 10.2. The maximum atomic E-state index is 12.2. The van der Waals surface area contributed by atoms with Crippen molar-refractivity contribution in [2.24, 2.45) is 0 Å². The van der Waals surface area contributed by atoms with Gasteiger partial charge in [-0.15, -0.1) is 11.3 Å². The number of benzene rings is 1. The lowest BCUT2D eigenvalue weighted by Gasteiger charge is -2.11. The van der Waals surface area contributed by atoms with E-state index in [0.29, 0.717) is 17.8 Å². The molecule has 0 fully saturated rings. The summed E-state index contributed by atoms with van der Waals surface area (Å²) in [5, 5.41) is 7.49. The highest BCUT2D eigenvalue weighted by Gasteiger charge is 2.12. The molecule has 0 aliphatic heterocycles. The Morgan fingerprint density at radius 2 is 1.79 bits per heavy atom. The van der Waals surface area contributed by atoms with E-state index in [2.05, 4.69) is 20.6 Å². The summed E-state index contributed by atoms with van der Waals surface area (Å²) in [7, 11) is 0. The van der Waals surface area contributed by atoms with Crippen LogP contribution in [0, 0.1) is 0 Å². The van der Waals surface area contributed by atoms with Gasteiger partial charge < -0.3 is 10.6 Å². The van der Waals surface area contributed by atoms with E-state index in [9.17, 15) is 9.59 Å². The van der Waals surface area contributed by atoms with Gasteiger partial charge in [-0.2, -0.15) is 0 Å². The van der Waals surface area contributed by atoms with Gasteiger partial charge in [-0.3, -0.25) is 14.6 Å². The van der Waals surface area contributed by atoms with E-state index in [1.165, 1.54) is 29.9 Å². The van der Waals surface area contributed by atoms with Gasteiger partial charge in [0.15, 0.2) is 0 Å². The fourth-order valence-corrected chi connectivity index (χ4v) is 2.77. The van der Waals surface area contributed by atoms with Crippen molar-refractivity contribution in [3.63, 3.8) is 0 Å². The number of hydrogen-bond donors (Lipinski definition) is 2. The largest absolute Gasteiger partial charge is 0.324 e. The highest BCUT2D eigenvalue weighted by molar-refractivity contribution is 7.10. The molecule has 0 aliphatic rings. The van der Waals surface area contributed by atoms with Gasteiger partial charge in [0.25, 0.3) is 5.91 Å². The first-order valence-corrected chi connectivity index (χ1v) is 8.09. The fourth-order valence-electron chi connectivity index (χ4n) is 2.07. The third kappa shape index (κ3) is 4.02. The quantitative estimate of drug-likeness (QED) is 0.749. The molecule has 0 saturated heterocycles. The van der Waals surface area contributed by atoms with Crippen LogP contribution in [0.15, 0.2) is 60.4 Å². The third-order valence-corrected chi connectivity index (χ3v) is 4.04. The summed E-state index contributed by atoms with van der Waals surface area (Å²) in [4.78, 5) is 33.1. The molecule has 2 heterocycles. The summed E-state index contributed by atoms with van der Waals surface area (Å²) in [5.74, 6) is -0.526. The number of nitrogens with one attached hydrogen (secondary N) is 2. The first kappa shape index (κ1) is 15.8. The molecule has 6 nitrogen and oxygen atoms in total. The minimum absolute atomic E-state index is 0.140. The van der Waals surface area contributed by atoms with Gasteiger partial charge in [-0.1, -0.05) is 18.2 Å². The summed E-state index contributed by atoms with van der Waals surface area (Å²) in [5.41, 5.74) is 1.25. The average Bonchev–Trinajstić information content (AvgIpc) is 3.10. The minimum atomic E-state index is -0.386. The summed E-state index contributed by atoms with van der Waals surface area (Å²) in [6, 6.07) is 10.8. The summed E-state index contributed by atoms with van der Waals surface area (Å²) in [6.45, 7) is 0. The minimum Gasteiger partial charge on any atom is -0.324 e. The Kier molecular flexibility index (Phi) is 4.93. The molecule has 0 radical (unpaired) electrons. The van der Waals surface area contributed by atoms with Crippen LogP contribution >= 0.6 is 11.3 Å². The number of carbonyl (C=O) groups excluding carboxylic acids is 2. The van der Waals surface area contributed by atoms with Crippen LogP contribution in [0.3, 0.4) is 0 Å². The van der Waals surface area contributed by atoms with Crippen molar-refractivity contribution in [3.05, 3.63) is 70.9 Å². The van der Waals surface area contributed by atoms with Crippen molar-refractivity contribution in [2.75, 3.05) is 10.6 Å². The van der Waals surface area contributed by atoms with Gasteiger partial charge in [0, 0.05) is 17.3 Å². The van der Waals surface area contributed by atoms with E-state index in [-0.39, 0.29) is 17.5 Å². The van der Waals surface area contributed by atoms with Crippen molar-refractivity contribution in [1.82, 2.24) is 9.97 Å². The van der Waals surface area contributed by atoms with Crippen LogP contribution in [0.2, 0.25) is 0 Å². The van der Waals surface area contributed by atoms with Gasteiger partial charge in [-0.05, 0) is 23.6 Å². The molecule has 7 heteroatoms. The van der Waals surface area contributed by atoms with E-state index < -0.39 is 0 Å². The number of carbonyl (C=O) groups is 2. The highest BCUT2D eigenvalue weighted by atomic mass is 32.1. The van der Waals surface area contributed by atoms with Crippen molar-refractivity contribution < 1.29 is 9.59 Å². The van der Waals surface area contributed by atoms with Crippen LogP contribution < -0.4 is 10.6 Å². The maximum absolute atomic E-state index is 12.2. The summed E-state index contributed by atoms with van der Waals surface area (Å²) in [6.07, 6.45) is 4.62. The molecular weight excluding hydrogens is 324 g/mol.